The molecule has 0 fully saturated rings. The summed E-state index contributed by atoms with van der Waals surface area (Å²) in [6.07, 6.45) is -1.87. The summed E-state index contributed by atoms with van der Waals surface area (Å²) in [5.41, 5.74) is 2.53. The van der Waals surface area contributed by atoms with Gasteiger partial charge in [0.25, 0.3) is 5.91 Å². The number of hydrogen-bond acceptors (Lipinski definition) is 3. The van der Waals surface area contributed by atoms with Crippen molar-refractivity contribution in [3.63, 3.8) is 0 Å². The van der Waals surface area contributed by atoms with Gasteiger partial charge in [0, 0.05) is 6.20 Å². The molecule has 0 aliphatic heterocycles. The predicted molar refractivity (Wildman–Crippen MR) is 63.0 cm³/mol. The van der Waals surface area contributed by atoms with Gasteiger partial charge in [-0.3, -0.25) is 9.63 Å². The molecule has 20 heavy (non-hydrogen) atoms. The van der Waals surface area contributed by atoms with E-state index in [0.717, 1.165) is 5.69 Å². The van der Waals surface area contributed by atoms with Gasteiger partial charge < -0.3 is 0 Å². The average Bonchev–Trinajstić information content (AvgIpc) is 2.88. The van der Waals surface area contributed by atoms with E-state index in [1.54, 1.807) is 29.7 Å². The molecule has 1 heterocycles. The van der Waals surface area contributed by atoms with Crippen molar-refractivity contribution in [1.29, 1.82) is 0 Å². The largest absolute Gasteiger partial charge is 0.414 e. The van der Waals surface area contributed by atoms with Crippen LogP contribution in [0, 0.1) is 0 Å². The van der Waals surface area contributed by atoms with Crippen LogP contribution in [0.1, 0.15) is 10.4 Å². The number of nitrogens with one attached hydrogen (secondary N) is 1. The zero-order valence-electron chi connectivity index (χ0n) is 10.1. The second kappa shape index (κ2) is 5.74. The van der Waals surface area contributed by atoms with E-state index in [0.29, 0.717) is 0 Å². The second-order valence-corrected chi connectivity index (χ2v) is 3.84. The molecular weight excluding hydrogens is 275 g/mol. The highest BCUT2D eigenvalue weighted by atomic mass is 19.4. The molecule has 1 aromatic carbocycles. The minimum Gasteiger partial charge on any atom is -0.267 e. The summed E-state index contributed by atoms with van der Waals surface area (Å²) in [4.78, 5) is 15.6. The summed E-state index contributed by atoms with van der Waals surface area (Å²) in [6.45, 7) is -1.55. The van der Waals surface area contributed by atoms with Crippen LogP contribution < -0.4 is 5.48 Å². The topological polar surface area (TPSA) is 56.1 Å². The van der Waals surface area contributed by atoms with Crippen LogP contribution in [0.3, 0.4) is 0 Å². The van der Waals surface area contributed by atoms with E-state index < -0.39 is 18.7 Å². The van der Waals surface area contributed by atoms with Crippen molar-refractivity contribution in [3.8, 4) is 5.69 Å². The van der Waals surface area contributed by atoms with E-state index in [1.165, 1.54) is 17.1 Å². The van der Waals surface area contributed by atoms with Gasteiger partial charge in [0.15, 0.2) is 6.61 Å². The Labute approximate surface area is 111 Å². The maximum atomic E-state index is 11.8. The van der Waals surface area contributed by atoms with Crippen LogP contribution in [0.15, 0.2) is 42.7 Å². The van der Waals surface area contributed by atoms with Gasteiger partial charge in [0.1, 0.15) is 0 Å². The van der Waals surface area contributed by atoms with Crippen molar-refractivity contribution in [3.05, 3.63) is 48.3 Å². The first-order chi connectivity index (χ1) is 9.46. The summed E-state index contributed by atoms with van der Waals surface area (Å²) >= 11 is 0. The molecule has 0 bridgehead atoms. The summed E-state index contributed by atoms with van der Waals surface area (Å²) in [5.74, 6) is -0.795. The van der Waals surface area contributed by atoms with E-state index in [4.69, 9.17) is 0 Å². The number of para-hydroxylation sites is 1. The Balaban J connectivity index is 1.97. The highest BCUT2D eigenvalue weighted by Gasteiger charge is 2.28. The summed E-state index contributed by atoms with van der Waals surface area (Å²) in [7, 11) is 0. The highest BCUT2D eigenvalue weighted by molar-refractivity contribution is 5.93. The fourth-order valence-corrected chi connectivity index (χ4v) is 1.40. The molecule has 2 rings (SSSR count). The SMILES string of the molecule is O=C(NOCC(F)(F)F)c1cnn(-c2ccccc2)c1. The number of halogens is 3. The van der Waals surface area contributed by atoms with Crippen LogP contribution in [-0.4, -0.2) is 28.5 Å². The Kier molecular flexibility index (Phi) is 4.04. The molecule has 0 saturated carbocycles. The van der Waals surface area contributed by atoms with E-state index in [2.05, 4.69) is 9.94 Å². The molecule has 1 aromatic heterocycles. The molecule has 8 heteroatoms. The average molecular weight is 285 g/mol. The third kappa shape index (κ3) is 3.82. The second-order valence-electron chi connectivity index (χ2n) is 3.84. The number of rotatable bonds is 4. The van der Waals surface area contributed by atoms with Gasteiger partial charge in [0.2, 0.25) is 0 Å². The molecule has 0 aliphatic rings. The number of carbonyl (C=O) groups excluding carboxylic acids is 1. The number of hydrogen-bond donors (Lipinski definition) is 1. The molecule has 0 saturated heterocycles. The quantitative estimate of drug-likeness (QED) is 0.875. The van der Waals surface area contributed by atoms with Gasteiger partial charge in [0.05, 0.1) is 17.4 Å². The fraction of sp³-hybridized carbons (Fsp3) is 0.167. The lowest BCUT2D eigenvalue weighted by atomic mass is 10.3. The highest BCUT2D eigenvalue weighted by Crippen LogP contribution is 2.14. The van der Waals surface area contributed by atoms with Gasteiger partial charge in [-0.2, -0.15) is 18.3 Å². The molecule has 2 aromatic rings. The maximum Gasteiger partial charge on any atom is 0.414 e. The molecule has 0 radical (unpaired) electrons. The van der Waals surface area contributed by atoms with Crippen LogP contribution in [-0.2, 0) is 4.84 Å². The van der Waals surface area contributed by atoms with Crippen molar-refractivity contribution >= 4 is 5.91 Å². The minimum atomic E-state index is -4.50. The molecule has 1 N–H and O–H groups in total. The number of benzene rings is 1. The monoisotopic (exact) mass is 285 g/mol. The van der Waals surface area contributed by atoms with E-state index in [1.807, 2.05) is 6.07 Å². The van der Waals surface area contributed by atoms with Crippen LogP contribution >= 0.6 is 0 Å². The molecule has 0 aliphatic carbocycles. The van der Waals surface area contributed by atoms with Crippen LogP contribution in [0.2, 0.25) is 0 Å². The van der Waals surface area contributed by atoms with Gasteiger partial charge in [-0.15, -0.1) is 0 Å². The van der Waals surface area contributed by atoms with Crippen molar-refractivity contribution < 1.29 is 22.8 Å². The van der Waals surface area contributed by atoms with Crippen molar-refractivity contribution in [2.24, 2.45) is 0 Å². The summed E-state index contributed by atoms with van der Waals surface area (Å²) in [6, 6.07) is 8.96. The Morgan fingerprint density at radius 1 is 1.30 bits per heavy atom. The first-order valence-corrected chi connectivity index (χ1v) is 5.55. The van der Waals surface area contributed by atoms with Gasteiger partial charge in [-0.05, 0) is 12.1 Å². The van der Waals surface area contributed by atoms with Crippen molar-refractivity contribution in [2.45, 2.75) is 6.18 Å². The van der Waals surface area contributed by atoms with E-state index in [-0.39, 0.29) is 5.56 Å². The molecular formula is C12H10F3N3O2. The van der Waals surface area contributed by atoms with Gasteiger partial charge >= 0.3 is 6.18 Å². The van der Waals surface area contributed by atoms with Crippen LogP contribution in [0.25, 0.3) is 5.69 Å². The van der Waals surface area contributed by atoms with E-state index in [9.17, 15) is 18.0 Å². The fourth-order valence-electron chi connectivity index (χ4n) is 1.40. The first kappa shape index (κ1) is 14.1. The number of hydroxylamine groups is 1. The number of amides is 1. The first-order valence-electron chi connectivity index (χ1n) is 5.55. The van der Waals surface area contributed by atoms with Crippen molar-refractivity contribution in [1.82, 2.24) is 15.3 Å². The predicted octanol–water partition coefficient (Wildman–Crippen LogP) is 2.10. The smallest absolute Gasteiger partial charge is 0.267 e. The zero-order valence-corrected chi connectivity index (χ0v) is 10.1. The molecule has 0 atom stereocenters. The Hall–Kier alpha value is -2.35. The summed E-state index contributed by atoms with van der Waals surface area (Å²) in [5, 5.41) is 3.94. The number of nitrogens with zero attached hydrogens (tertiary/aromatic N) is 2. The Morgan fingerprint density at radius 3 is 2.65 bits per heavy atom. The lowest BCUT2D eigenvalue weighted by Gasteiger charge is -2.07. The normalized spacial score (nSPS) is 11.3. The molecule has 0 unspecified atom stereocenters. The Bertz CT molecular complexity index is 581. The molecule has 5 nitrogen and oxygen atoms in total. The minimum absolute atomic E-state index is 0.0935. The Morgan fingerprint density at radius 2 is 2.00 bits per heavy atom. The third-order valence-electron chi connectivity index (χ3n) is 2.27. The maximum absolute atomic E-state index is 11.8. The standard InChI is InChI=1S/C12H10F3N3O2/c13-12(14,15)8-20-17-11(19)9-6-16-18(7-9)10-4-2-1-3-5-10/h1-7H,8H2,(H,17,19). The number of carbonyl (C=O) groups is 1. The van der Waals surface area contributed by atoms with Crippen LogP contribution in [0.5, 0.6) is 0 Å². The van der Waals surface area contributed by atoms with Crippen molar-refractivity contribution in [2.75, 3.05) is 6.61 Å². The number of aromatic nitrogens is 2. The molecule has 1 amide bonds. The molecule has 0 spiro atoms. The number of alkyl halides is 3. The van der Waals surface area contributed by atoms with Crippen LogP contribution in [0.4, 0.5) is 13.2 Å². The van der Waals surface area contributed by atoms with Gasteiger partial charge in [-0.25, -0.2) is 10.2 Å². The van der Waals surface area contributed by atoms with E-state index >= 15 is 0 Å². The van der Waals surface area contributed by atoms with Gasteiger partial charge in [-0.1, -0.05) is 18.2 Å². The third-order valence-corrected chi connectivity index (χ3v) is 2.27. The summed E-state index contributed by atoms with van der Waals surface area (Å²) < 4.78 is 37.0. The lowest BCUT2D eigenvalue weighted by molar-refractivity contribution is -0.184. The zero-order chi connectivity index (χ0) is 14.6. The molecule has 106 valence electrons. The lowest BCUT2D eigenvalue weighted by Crippen LogP contribution is -2.29.